The van der Waals surface area contributed by atoms with Crippen molar-refractivity contribution in [1.82, 2.24) is 9.78 Å². The van der Waals surface area contributed by atoms with Crippen molar-refractivity contribution in [3.63, 3.8) is 0 Å². The first kappa shape index (κ1) is 11.7. The van der Waals surface area contributed by atoms with Crippen molar-refractivity contribution in [1.29, 1.82) is 0 Å². The Morgan fingerprint density at radius 3 is 2.35 bits per heavy atom. The lowest BCUT2D eigenvalue weighted by Crippen LogP contribution is -2.15. The molecule has 0 radical (unpaired) electrons. The average Bonchev–Trinajstić information content (AvgIpc) is 2.73. The smallest absolute Gasteiger partial charge is 0.392 e. The van der Waals surface area contributed by atoms with Crippen LogP contribution in [0, 0.1) is 0 Å². The van der Waals surface area contributed by atoms with E-state index in [1.165, 1.54) is 12.1 Å². The van der Waals surface area contributed by atoms with Crippen LogP contribution in [0.4, 0.5) is 13.2 Å². The van der Waals surface area contributed by atoms with Gasteiger partial charge in [-0.3, -0.25) is 0 Å². The minimum Gasteiger partial charge on any atom is -0.392 e. The second-order valence-corrected chi connectivity index (χ2v) is 3.42. The Kier molecular flexibility index (Phi) is 2.89. The van der Waals surface area contributed by atoms with Crippen molar-refractivity contribution in [3.05, 3.63) is 47.8 Å². The number of para-hydroxylation sites is 1. The standard InChI is InChI=1S/C11H9F3N2O/c12-11(13,14)10-8(7-17)6-15-16(10)9-4-2-1-3-5-9/h1-6,17H,7H2. The first-order valence-corrected chi connectivity index (χ1v) is 4.84. The predicted molar refractivity (Wildman–Crippen MR) is 54.5 cm³/mol. The van der Waals surface area contributed by atoms with Crippen LogP contribution in [0.25, 0.3) is 5.69 Å². The molecule has 0 bridgehead atoms. The summed E-state index contributed by atoms with van der Waals surface area (Å²) in [7, 11) is 0. The maximum atomic E-state index is 12.8. The van der Waals surface area contributed by atoms with E-state index in [4.69, 9.17) is 5.11 Å². The van der Waals surface area contributed by atoms with Gasteiger partial charge in [0.1, 0.15) is 0 Å². The maximum Gasteiger partial charge on any atom is 0.433 e. The van der Waals surface area contributed by atoms with Gasteiger partial charge < -0.3 is 5.11 Å². The number of hydrogen-bond donors (Lipinski definition) is 1. The Bertz CT molecular complexity index is 505. The number of rotatable bonds is 2. The van der Waals surface area contributed by atoms with Crippen molar-refractivity contribution in [2.75, 3.05) is 0 Å². The molecule has 2 rings (SSSR count). The van der Waals surface area contributed by atoms with Gasteiger partial charge >= 0.3 is 6.18 Å². The molecule has 0 aliphatic heterocycles. The SMILES string of the molecule is OCc1cnn(-c2ccccc2)c1C(F)(F)F. The number of benzene rings is 1. The van der Waals surface area contributed by atoms with Crippen molar-refractivity contribution in [2.45, 2.75) is 12.8 Å². The Balaban J connectivity index is 2.60. The molecule has 1 heterocycles. The molecule has 17 heavy (non-hydrogen) atoms. The monoisotopic (exact) mass is 242 g/mol. The largest absolute Gasteiger partial charge is 0.433 e. The third-order valence-electron chi connectivity index (χ3n) is 2.28. The molecule has 0 unspecified atom stereocenters. The fraction of sp³-hybridized carbons (Fsp3) is 0.182. The highest BCUT2D eigenvalue weighted by Gasteiger charge is 2.38. The van der Waals surface area contributed by atoms with E-state index < -0.39 is 18.5 Å². The molecule has 6 heteroatoms. The number of hydrogen-bond acceptors (Lipinski definition) is 2. The molecule has 0 spiro atoms. The summed E-state index contributed by atoms with van der Waals surface area (Å²) in [4.78, 5) is 0. The Morgan fingerprint density at radius 1 is 1.18 bits per heavy atom. The van der Waals surface area contributed by atoms with Gasteiger partial charge in [0, 0.05) is 5.56 Å². The lowest BCUT2D eigenvalue weighted by atomic mass is 10.2. The summed E-state index contributed by atoms with van der Waals surface area (Å²) in [6.07, 6.45) is -3.53. The number of aliphatic hydroxyl groups is 1. The Hall–Kier alpha value is -1.82. The first-order chi connectivity index (χ1) is 8.04. The summed E-state index contributed by atoms with van der Waals surface area (Å²) in [6.45, 7) is -0.693. The summed E-state index contributed by atoms with van der Waals surface area (Å²) < 4.78 is 39.3. The zero-order valence-electron chi connectivity index (χ0n) is 8.65. The molecule has 0 saturated carbocycles. The van der Waals surface area contributed by atoms with E-state index in [-0.39, 0.29) is 5.56 Å². The number of alkyl halides is 3. The molecule has 0 saturated heterocycles. The minimum absolute atomic E-state index is 0.235. The van der Waals surface area contributed by atoms with Gasteiger partial charge in [0.25, 0.3) is 0 Å². The topological polar surface area (TPSA) is 38.1 Å². The van der Waals surface area contributed by atoms with E-state index >= 15 is 0 Å². The molecule has 1 aromatic heterocycles. The van der Waals surface area contributed by atoms with Gasteiger partial charge in [0.15, 0.2) is 5.69 Å². The highest BCUT2D eigenvalue weighted by Crippen LogP contribution is 2.33. The van der Waals surface area contributed by atoms with Gasteiger partial charge in [-0.1, -0.05) is 18.2 Å². The quantitative estimate of drug-likeness (QED) is 0.878. The van der Waals surface area contributed by atoms with Crippen LogP contribution in [-0.2, 0) is 12.8 Å². The number of aromatic nitrogens is 2. The van der Waals surface area contributed by atoms with Gasteiger partial charge in [0.2, 0.25) is 0 Å². The van der Waals surface area contributed by atoms with E-state index in [0.717, 1.165) is 10.9 Å². The van der Waals surface area contributed by atoms with Crippen LogP contribution in [0.5, 0.6) is 0 Å². The Labute approximate surface area is 95.1 Å². The van der Waals surface area contributed by atoms with E-state index in [9.17, 15) is 13.2 Å². The van der Waals surface area contributed by atoms with Crippen LogP contribution in [0.1, 0.15) is 11.3 Å². The molecule has 0 aliphatic carbocycles. The summed E-state index contributed by atoms with van der Waals surface area (Å²) in [5.74, 6) is 0. The minimum atomic E-state index is -4.55. The molecular weight excluding hydrogens is 233 g/mol. The van der Waals surface area contributed by atoms with Gasteiger partial charge in [-0.15, -0.1) is 0 Å². The third kappa shape index (κ3) is 2.16. The van der Waals surface area contributed by atoms with Gasteiger partial charge in [-0.2, -0.15) is 18.3 Å². The molecule has 2 aromatic rings. The Morgan fingerprint density at radius 2 is 1.82 bits per heavy atom. The predicted octanol–water partition coefficient (Wildman–Crippen LogP) is 2.38. The molecule has 0 fully saturated rings. The fourth-order valence-electron chi connectivity index (χ4n) is 1.57. The van der Waals surface area contributed by atoms with E-state index in [1.807, 2.05) is 0 Å². The van der Waals surface area contributed by atoms with Crippen molar-refractivity contribution < 1.29 is 18.3 Å². The summed E-state index contributed by atoms with van der Waals surface area (Å²) in [5.41, 5.74) is -0.868. The van der Waals surface area contributed by atoms with Crippen molar-refractivity contribution in [2.24, 2.45) is 0 Å². The number of nitrogens with zero attached hydrogens (tertiary/aromatic N) is 2. The molecule has 0 amide bonds. The summed E-state index contributed by atoms with van der Waals surface area (Å²) >= 11 is 0. The second kappa shape index (κ2) is 4.21. The van der Waals surface area contributed by atoms with Crippen molar-refractivity contribution in [3.8, 4) is 5.69 Å². The van der Waals surface area contributed by atoms with Gasteiger partial charge in [-0.25, -0.2) is 4.68 Å². The van der Waals surface area contributed by atoms with Crippen LogP contribution in [0.15, 0.2) is 36.5 Å². The third-order valence-corrected chi connectivity index (χ3v) is 2.28. The molecule has 0 aliphatic rings. The molecule has 1 aromatic carbocycles. The average molecular weight is 242 g/mol. The second-order valence-electron chi connectivity index (χ2n) is 3.42. The van der Waals surface area contributed by atoms with E-state index in [1.54, 1.807) is 18.2 Å². The van der Waals surface area contributed by atoms with E-state index in [0.29, 0.717) is 5.69 Å². The van der Waals surface area contributed by atoms with Crippen LogP contribution < -0.4 is 0 Å². The van der Waals surface area contributed by atoms with Crippen LogP contribution in [0.2, 0.25) is 0 Å². The lowest BCUT2D eigenvalue weighted by molar-refractivity contribution is -0.143. The fourth-order valence-corrected chi connectivity index (χ4v) is 1.57. The van der Waals surface area contributed by atoms with Crippen molar-refractivity contribution >= 4 is 0 Å². The normalized spacial score (nSPS) is 11.8. The summed E-state index contributed by atoms with van der Waals surface area (Å²) in [6, 6.07) is 7.98. The first-order valence-electron chi connectivity index (χ1n) is 4.84. The van der Waals surface area contributed by atoms with Crippen LogP contribution in [-0.4, -0.2) is 14.9 Å². The number of aliphatic hydroxyl groups excluding tert-OH is 1. The zero-order valence-corrected chi connectivity index (χ0v) is 8.65. The van der Waals surface area contributed by atoms with Gasteiger partial charge in [-0.05, 0) is 12.1 Å². The highest BCUT2D eigenvalue weighted by atomic mass is 19.4. The van der Waals surface area contributed by atoms with Gasteiger partial charge in [0.05, 0.1) is 18.5 Å². The number of halogens is 3. The van der Waals surface area contributed by atoms with Crippen LogP contribution in [0.3, 0.4) is 0 Å². The van der Waals surface area contributed by atoms with E-state index in [2.05, 4.69) is 5.10 Å². The molecule has 3 nitrogen and oxygen atoms in total. The molecule has 0 atom stereocenters. The lowest BCUT2D eigenvalue weighted by Gasteiger charge is -2.11. The molecular formula is C11H9F3N2O. The van der Waals surface area contributed by atoms with Crippen LogP contribution >= 0.6 is 0 Å². The zero-order chi connectivity index (χ0) is 12.5. The highest BCUT2D eigenvalue weighted by molar-refractivity contribution is 5.35. The molecule has 1 N–H and O–H groups in total. The molecule has 90 valence electrons. The summed E-state index contributed by atoms with van der Waals surface area (Å²) in [5, 5.41) is 12.5. The maximum absolute atomic E-state index is 12.8.